The van der Waals surface area contributed by atoms with Crippen LogP contribution >= 0.6 is 0 Å². The maximum atomic E-state index is 11.6. The van der Waals surface area contributed by atoms with Crippen molar-refractivity contribution in [2.75, 3.05) is 18.4 Å². The van der Waals surface area contributed by atoms with E-state index in [1.165, 1.54) is 0 Å². The van der Waals surface area contributed by atoms with Crippen LogP contribution in [0.25, 0.3) is 0 Å². The zero-order valence-corrected chi connectivity index (χ0v) is 9.03. The number of hydrogen-bond acceptors (Lipinski definition) is 4. The normalized spacial score (nSPS) is 12.1. The molecular formula is C10H16N4O. The van der Waals surface area contributed by atoms with Gasteiger partial charge in [-0.25, -0.2) is 9.97 Å². The fraction of sp³-hybridized carbons (Fsp3) is 0.500. The Morgan fingerprint density at radius 2 is 2.13 bits per heavy atom. The van der Waals surface area contributed by atoms with Crippen LogP contribution in [0, 0.1) is 5.92 Å². The number of nitrogens with one attached hydrogen (secondary N) is 2. The number of hydrogen-bond donors (Lipinski definition) is 2. The van der Waals surface area contributed by atoms with Crippen molar-refractivity contribution in [2.24, 2.45) is 5.92 Å². The SMILES string of the molecule is CCNCC(C)C(=O)Nc1ncccn1. The van der Waals surface area contributed by atoms with E-state index in [1.807, 2.05) is 13.8 Å². The smallest absolute Gasteiger partial charge is 0.230 e. The lowest BCUT2D eigenvalue weighted by molar-refractivity contribution is -0.119. The lowest BCUT2D eigenvalue weighted by atomic mass is 10.1. The van der Waals surface area contributed by atoms with E-state index in [4.69, 9.17) is 0 Å². The molecule has 1 amide bonds. The molecule has 0 aromatic carbocycles. The summed E-state index contributed by atoms with van der Waals surface area (Å²) < 4.78 is 0. The second kappa shape index (κ2) is 6.08. The molecule has 0 saturated carbocycles. The predicted octanol–water partition coefficient (Wildman–Crippen LogP) is 0.661. The molecule has 0 aliphatic carbocycles. The molecule has 1 aromatic heterocycles. The second-order valence-electron chi connectivity index (χ2n) is 3.27. The highest BCUT2D eigenvalue weighted by Gasteiger charge is 2.12. The van der Waals surface area contributed by atoms with Gasteiger partial charge in [0, 0.05) is 24.9 Å². The highest BCUT2D eigenvalue weighted by atomic mass is 16.2. The molecule has 0 aliphatic rings. The summed E-state index contributed by atoms with van der Waals surface area (Å²) in [7, 11) is 0. The van der Waals surface area contributed by atoms with E-state index in [-0.39, 0.29) is 11.8 Å². The van der Waals surface area contributed by atoms with E-state index in [0.29, 0.717) is 12.5 Å². The Morgan fingerprint density at radius 3 is 2.73 bits per heavy atom. The van der Waals surface area contributed by atoms with Crippen molar-refractivity contribution in [1.82, 2.24) is 15.3 Å². The molecule has 0 radical (unpaired) electrons. The van der Waals surface area contributed by atoms with Crippen LogP contribution in [0.4, 0.5) is 5.95 Å². The van der Waals surface area contributed by atoms with Gasteiger partial charge in [-0.3, -0.25) is 10.1 Å². The highest BCUT2D eigenvalue weighted by molar-refractivity contribution is 5.90. The Labute approximate surface area is 89.3 Å². The maximum Gasteiger partial charge on any atom is 0.230 e. The van der Waals surface area contributed by atoms with Gasteiger partial charge in [0.15, 0.2) is 0 Å². The minimum Gasteiger partial charge on any atom is -0.316 e. The van der Waals surface area contributed by atoms with Gasteiger partial charge in [0.2, 0.25) is 11.9 Å². The molecule has 5 heteroatoms. The first-order valence-corrected chi connectivity index (χ1v) is 5.02. The molecule has 0 bridgehead atoms. The Hall–Kier alpha value is -1.49. The van der Waals surface area contributed by atoms with Gasteiger partial charge in [-0.1, -0.05) is 13.8 Å². The molecule has 82 valence electrons. The minimum absolute atomic E-state index is 0.0675. The van der Waals surface area contributed by atoms with E-state index in [2.05, 4.69) is 20.6 Å². The van der Waals surface area contributed by atoms with Crippen molar-refractivity contribution in [3.63, 3.8) is 0 Å². The quantitative estimate of drug-likeness (QED) is 0.746. The van der Waals surface area contributed by atoms with Crippen molar-refractivity contribution < 1.29 is 4.79 Å². The molecular weight excluding hydrogens is 192 g/mol. The standard InChI is InChI=1S/C10H16N4O/c1-3-11-7-8(2)9(15)14-10-12-5-4-6-13-10/h4-6,8,11H,3,7H2,1-2H3,(H,12,13,14,15). The predicted molar refractivity (Wildman–Crippen MR) is 58.4 cm³/mol. The van der Waals surface area contributed by atoms with Gasteiger partial charge in [-0.15, -0.1) is 0 Å². The Kier molecular flexibility index (Phi) is 4.70. The van der Waals surface area contributed by atoms with E-state index < -0.39 is 0 Å². The zero-order chi connectivity index (χ0) is 11.1. The zero-order valence-electron chi connectivity index (χ0n) is 9.03. The number of rotatable bonds is 5. The molecule has 1 unspecified atom stereocenters. The molecule has 15 heavy (non-hydrogen) atoms. The van der Waals surface area contributed by atoms with Crippen molar-refractivity contribution in [3.8, 4) is 0 Å². The minimum atomic E-state index is -0.0891. The number of anilines is 1. The summed E-state index contributed by atoms with van der Waals surface area (Å²) in [5.41, 5.74) is 0. The molecule has 1 atom stereocenters. The number of carbonyl (C=O) groups excluding carboxylic acids is 1. The highest BCUT2D eigenvalue weighted by Crippen LogP contribution is 1.99. The Bertz CT molecular complexity index is 302. The topological polar surface area (TPSA) is 66.9 Å². The van der Waals surface area contributed by atoms with Gasteiger partial charge in [-0.05, 0) is 12.6 Å². The van der Waals surface area contributed by atoms with Gasteiger partial charge in [0.05, 0.1) is 0 Å². The molecule has 1 heterocycles. The Morgan fingerprint density at radius 1 is 1.47 bits per heavy atom. The summed E-state index contributed by atoms with van der Waals surface area (Å²) in [5.74, 6) is 0.196. The number of aromatic nitrogens is 2. The third-order valence-corrected chi connectivity index (χ3v) is 1.95. The number of carbonyl (C=O) groups is 1. The molecule has 0 saturated heterocycles. The average molecular weight is 208 g/mol. The molecule has 1 aromatic rings. The van der Waals surface area contributed by atoms with Gasteiger partial charge in [0.25, 0.3) is 0 Å². The first-order chi connectivity index (χ1) is 7.24. The summed E-state index contributed by atoms with van der Waals surface area (Å²) in [4.78, 5) is 19.4. The molecule has 0 fully saturated rings. The van der Waals surface area contributed by atoms with Crippen molar-refractivity contribution in [3.05, 3.63) is 18.5 Å². The largest absolute Gasteiger partial charge is 0.316 e. The summed E-state index contributed by atoms with van der Waals surface area (Å²) in [5, 5.41) is 5.76. The van der Waals surface area contributed by atoms with Crippen LogP contribution in [0.1, 0.15) is 13.8 Å². The maximum absolute atomic E-state index is 11.6. The van der Waals surface area contributed by atoms with Crippen LogP contribution in [0.3, 0.4) is 0 Å². The molecule has 0 aliphatic heterocycles. The van der Waals surface area contributed by atoms with Crippen LogP contribution < -0.4 is 10.6 Å². The van der Waals surface area contributed by atoms with Crippen LogP contribution in [0.15, 0.2) is 18.5 Å². The van der Waals surface area contributed by atoms with Crippen molar-refractivity contribution in [2.45, 2.75) is 13.8 Å². The molecule has 2 N–H and O–H groups in total. The number of nitrogens with zero attached hydrogens (tertiary/aromatic N) is 2. The van der Waals surface area contributed by atoms with Gasteiger partial charge in [0.1, 0.15) is 0 Å². The molecule has 0 spiro atoms. The molecule has 1 rings (SSSR count). The van der Waals surface area contributed by atoms with E-state index in [0.717, 1.165) is 6.54 Å². The van der Waals surface area contributed by atoms with E-state index in [9.17, 15) is 4.79 Å². The fourth-order valence-corrected chi connectivity index (χ4v) is 1.05. The number of amides is 1. The first-order valence-electron chi connectivity index (χ1n) is 5.02. The third-order valence-electron chi connectivity index (χ3n) is 1.95. The first kappa shape index (κ1) is 11.6. The van der Waals surface area contributed by atoms with E-state index in [1.54, 1.807) is 18.5 Å². The molecule has 5 nitrogen and oxygen atoms in total. The van der Waals surface area contributed by atoms with Gasteiger partial charge >= 0.3 is 0 Å². The van der Waals surface area contributed by atoms with Crippen LogP contribution in [-0.4, -0.2) is 29.0 Å². The summed E-state index contributed by atoms with van der Waals surface area (Å²) in [6, 6.07) is 1.71. The summed E-state index contributed by atoms with van der Waals surface area (Å²) >= 11 is 0. The fourth-order valence-electron chi connectivity index (χ4n) is 1.05. The van der Waals surface area contributed by atoms with Crippen LogP contribution in [0.2, 0.25) is 0 Å². The lowest BCUT2D eigenvalue weighted by Gasteiger charge is -2.10. The lowest BCUT2D eigenvalue weighted by Crippen LogP contribution is -2.30. The van der Waals surface area contributed by atoms with Crippen molar-refractivity contribution >= 4 is 11.9 Å². The Balaban J connectivity index is 2.42. The van der Waals surface area contributed by atoms with Gasteiger partial charge < -0.3 is 5.32 Å². The average Bonchev–Trinajstić information content (AvgIpc) is 2.27. The monoisotopic (exact) mass is 208 g/mol. The second-order valence-corrected chi connectivity index (χ2v) is 3.27. The van der Waals surface area contributed by atoms with Crippen molar-refractivity contribution in [1.29, 1.82) is 0 Å². The van der Waals surface area contributed by atoms with Crippen LogP contribution in [0.5, 0.6) is 0 Å². The van der Waals surface area contributed by atoms with E-state index >= 15 is 0 Å². The third kappa shape index (κ3) is 4.03. The summed E-state index contributed by atoms with van der Waals surface area (Å²) in [6.07, 6.45) is 3.19. The van der Waals surface area contributed by atoms with Gasteiger partial charge in [-0.2, -0.15) is 0 Å². The van der Waals surface area contributed by atoms with Crippen LogP contribution in [-0.2, 0) is 4.79 Å². The summed E-state index contributed by atoms with van der Waals surface area (Å²) in [6.45, 7) is 5.39.